The molecule has 162 valence electrons. The Morgan fingerprint density at radius 1 is 1.17 bits per heavy atom. The van der Waals surface area contributed by atoms with Gasteiger partial charge < -0.3 is 14.5 Å². The standard InChI is InChI=1S/C22H35N3O4/c1-16-10-11-19(28-16)18(24-12-7-8-13-24)15-23-20(26)17-9-5-6-14-25(17)21(27)29-22(2,3)4/h10-11,17-18H,5-9,12-15H2,1-4H3,(H,23,26). The monoisotopic (exact) mass is 405 g/mol. The van der Waals surface area contributed by atoms with E-state index in [0.717, 1.165) is 37.5 Å². The molecule has 0 aromatic carbocycles. The first-order valence-corrected chi connectivity index (χ1v) is 10.8. The first kappa shape index (κ1) is 21.7. The van der Waals surface area contributed by atoms with Crippen molar-refractivity contribution in [2.75, 3.05) is 26.2 Å². The Kier molecular flexibility index (Phi) is 6.88. The highest BCUT2D eigenvalue weighted by Crippen LogP contribution is 2.27. The van der Waals surface area contributed by atoms with E-state index >= 15 is 0 Å². The molecule has 2 aliphatic rings. The number of amides is 2. The average molecular weight is 406 g/mol. The molecule has 1 aromatic rings. The Morgan fingerprint density at radius 3 is 2.48 bits per heavy atom. The molecule has 0 bridgehead atoms. The molecule has 2 fully saturated rings. The fraction of sp³-hybridized carbons (Fsp3) is 0.727. The highest BCUT2D eigenvalue weighted by Gasteiger charge is 2.35. The minimum Gasteiger partial charge on any atom is -0.465 e. The molecule has 1 aromatic heterocycles. The van der Waals surface area contributed by atoms with E-state index in [1.807, 2.05) is 39.8 Å². The van der Waals surface area contributed by atoms with Gasteiger partial charge in [-0.15, -0.1) is 0 Å². The minimum absolute atomic E-state index is 0.0220. The molecule has 3 heterocycles. The van der Waals surface area contributed by atoms with Crippen LogP contribution in [0.15, 0.2) is 16.5 Å². The third kappa shape index (κ3) is 5.75. The van der Waals surface area contributed by atoms with Crippen LogP contribution in [0.3, 0.4) is 0 Å². The number of rotatable bonds is 5. The number of hydrogen-bond donors (Lipinski definition) is 1. The summed E-state index contributed by atoms with van der Waals surface area (Å²) in [5.41, 5.74) is -0.576. The molecule has 2 aliphatic heterocycles. The molecule has 2 saturated heterocycles. The molecular weight excluding hydrogens is 370 g/mol. The predicted octanol–water partition coefficient (Wildman–Crippen LogP) is 3.63. The van der Waals surface area contributed by atoms with Gasteiger partial charge in [0.15, 0.2) is 0 Å². The zero-order valence-electron chi connectivity index (χ0n) is 18.2. The topological polar surface area (TPSA) is 75.0 Å². The molecule has 3 rings (SSSR count). The molecule has 2 atom stereocenters. The van der Waals surface area contributed by atoms with Crippen LogP contribution in [-0.2, 0) is 9.53 Å². The second-order valence-electron chi connectivity index (χ2n) is 9.14. The lowest BCUT2D eigenvalue weighted by Crippen LogP contribution is -2.53. The second kappa shape index (κ2) is 9.20. The van der Waals surface area contributed by atoms with E-state index in [9.17, 15) is 9.59 Å². The van der Waals surface area contributed by atoms with E-state index in [1.165, 1.54) is 12.8 Å². The maximum Gasteiger partial charge on any atom is 0.410 e. The summed E-state index contributed by atoms with van der Waals surface area (Å²) in [6.07, 6.45) is 4.42. The summed E-state index contributed by atoms with van der Waals surface area (Å²) in [6, 6.07) is 3.51. The minimum atomic E-state index is -0.576. The van der Waals surface area contributed by atoms with Gasteiger partial charge >= 0.3 is 6.09 Å². The van der Waals surface area contributed by atoms with Gasteiger partial charge in [0, 0.05) is 13.1 Å². The van der Waals surface area contributed by atoms with Gasteiger partial charge in [0.05, 0.1) is 6.04 Å². The van der Waals surface area contributed by atoms with E-state index in [1.54, 1.807) is 4.90 Å². The fourth-order valence-electron chi connectivity index (χ4n) is 4.15. The number of piperidine rings is 1. The van der Waals surface area contributed by atoms with Crippen molar-refractivity contribution < 1.29 is 18.7 Å². The normalized spacial score (nSPS) is 21.8. The van der Waals surface area contributed by atoms with Crippen molar-refractivity contribution in [3.8, 4) is 0 Å². The zero-order chi connectivity index (χ0) is 21.0. The molecule has 1 N–H and O–H groups in total. The Labute approximate surface area is 173 Å². The van der Waals surface area contributed by atoms with Crippen LogP contribution in [0.25, 0.3) is 0 Å². The lowest BCUT2D eigenvalue weighted by atomic mass is 10.0. The first-order valence-electron chi connectivity index (χ1n) is 10.8. The number of likely N-dealkylation sites (tertiary alicyclic amines) is 2. The van der Waals surface area contributed by atoms with Crippen molar-refractivity contribution >= 4 is 12.0 Å². The zero-order valence-corrected chi connectivity index (χ0v) is 18.2. The van der Waals surface area contributed by atoms with Crippen molar-refractivity contribution in [2.45, 2.75) is 77.5 Å². The maximum atomic E-state index is 13.0. The van der Waals surface area contributed by atoms with Crippen LogP contribution < -0.4 is 5.32 Å². The Bertz CT molecular complexity index is 703. The van der Waals surface area contributed by atoms with Gasteiger partial charge in [-0.3, -0.25) is 14.6 Å². The summed E-state index contributed by atoms with van der Waals surface area (Å²) in [6.45, 7) is 10.5. The van der Waals surface area contributed by atoms with E-state index < -0.39 is 17.7 Å². The largest absolute Gasteiger partial charge is 0.465 e. The van der Waals surface area contributed by atoms with Gasteiger partial charge in [0.2, 0.25) is 5.91 Å². The third-order valence-electron chi connectivity index (χ3n) is 5.57. The van der Waals surface area contributed by atoms with Crippen molar-refractivity contribution in [1.82, 2.24) is 15.1 Å². The molecule has 0 spiro atoms. The number of hydrogen-bond acceptors (Lipinski definition) is 5. The third-order valence-corrected chi connectivity index (χ3v) is 5.57. The lowest BCUT2D eigenvalue weighted by Gasteiger charge is -2.36. The number of aryl methyl sites for hydroxylation is 1. The number of carbonyl (C=O) groups is 2. The van der Waals surface area contributed by atoms with Gasteiger partial charge in [-0.1, -0.05) is 0 Å². The highest BCUT2D eigenvalue weighted by molar-refractivity contribution is 5.86. The fourth-order valence-corrected chi connectivity index (χ4v) is 4.15. The van der Waals surface area contributed by atoms with Crippen LogP contribution in [0.4, 0.5) is 4.79 Å². The number of ether oxygens (including phenoxy) is 1. The summed E-state index contributed by atoms with van der Waals surface area (Å²) >= 11 is 0. The van der Waals surface area contributed by atoms with Gasteiger partial charge in [-0.05, 0) is 85.0 Å². The summed E-state index contributed by atoms with van der Waals surface area (Å²) in [5, 5.41) is 3.09. The van der Waals surface area contributed by atoms with Crippen LogP contribution in [0, 0.1) is 6.92 Å². The number of nitrogens with zero attached hydrogens (tertiary/aromatic N) is 2. The van der Waals surface area contributed by atoms with E-state index in [0.29, 0.717) is 19.5 Å². The van der Waals surface area contributed by atoms with Crippen LogP contribution in [0.2, 0.25) is 0 Å². The SMILES string of the molecule is Cc1ccc(C(CNC(=O)C2CCCCN2C(=O)OC(C)(C)C)N2CCCC2)o1. The van der Waals surface area contributed by atoms with Crippen LogP contribution in [0.5, 0.6) is 0 Å². The molecule has 0 saturated carbocycles. The van der Waals surface area contributed by atoms with Crippen LogP contribution in [-0.4, -0.2) is 59.6 Å². The molecule has 0 aliphatic carbocycles. The molecule has 29 heavy (non-hydrogen) atoms. The summed E-state index contributed by atoms with van der Waals surface area (Å²) in [7, 11) is 0. The number of carbonyl (C=O) groups excluding carboxylic acids is 2. The van der Waals surface area contributed by atoms with Gasteiger partial charge in [0.1, 0.15) is 23.2 Å². The first-order chi connectivity index (χ1) is 13.7. The molecular formula is C22H35N3O4. The van der Waals surface area contributed by atoms with Crippen molar-refractivity contribution in [2.24, 2.45) is 0 Å². The van der Waals surface area contributed by atoms with Gasteiger partial charge in [-0.2, -0.15) is 0 Å². The quantitative estimate of drug-likeness (QED) is 0.810. The molecule has 0 radical (unpaired) electrons. The molecule has 2 unspecified atom stereocenters. The molecule has 7 heteroatoms. The maximum absolute atomic E-state index is 13.0. The number of nitrogens with one attached hydrogen (secondary N) is 1. The van der Waals surface area contributed by atoms with Crippen molar-refractivity contribution in [3.63, 3.8) is 0 Å². The van der Waals surface area contributed by atoms with Gasteiger partial charge in [0.25, 0.3) is 0 Å². The molecule has 2 amide bonds. The van der Waals surface area contributed by atoms with Crippen molar-refractivity contribution in [3.05, 3.63) is 23.7 Å². The Hall–Kier alpha value is -2.02. The summed E-state index contributed by atoms with van der Waals surface area (Å²) < 4.78 is 11.4. The highest BCUT2D eigenvalue weighted by atomic mass is 16.6. The smallest absolute Gasteiger partial charge is 0.410 e. The van der Waals surface area contributed by atoms with Crippen LogP contribution in [0.1, 0.15) is 70.4 Å². The molecule has 7 nitrogen and oxygen atoms in total. The summed E-state index contributed by atoms with van der Waals surface area (Å²) in [4.78, 5) is 29.6. The summed E-state index contributed by atoms with van der Waals surface area (Å²) in [5.74, 6) is 1.65. The van der Waals surface area contributed by atoms with Crippen LogP contribution >= 0.6 is 0 Å². The van der Waals surface area contributed by atoms with E-state index in [4.69, 9.17) is 9.15 Å². The lowest BCUT2D eigenvalue weighted by molar-refractivity contribution is -0.127. The van der Waals surface area contributed by atoms with E-state index in [-0.39, 0.29) is 11.9 Å². The average Bonchev–Trinajstić information content (AvgIpc) is 3.33. The second-order valence-corrected chi connectivity index (χ2v) is 9.14. The predicted molar refractivity (Wildman–Crippen MR) is 111 cm³/mol. The van der Waals surface area contributed by atoms with Gasteiger partial charge in [-0.25, -0.2) is 4.79 Å². The van der Waals surface area contributed by atoms with E-state index in [2.05, 4.69) is 10.2 Å². The number of furan rings is 1. The Balaban J connectivity index is 1.65. The Morgan fingerprint density at radius 2 is 1.86 bits per heavy atom. The van der Waals surface area contributed by atoms with Crippen molar-refractivity contribution in [1.29, 1.82) is 0 Å².